The van der Waals surface area contributed by atoms with E-state index in [2.05, 4.69) is 10.0 Å². The molecule has 0 aromatic carbocycles. The van der Waals surface area contributed by atoms with Crippen molar-refractivity contribution < 1.29 is 9.53 Å². The molecule has 14 heavy (non-hydrogen) atoms. The SMILES string of the molecule is COC[C@H]1CCCN1C(=O)CN=[N+]=[N-]. The van der Waals surface area contributed by atoms with Crippen molar-refractivity contribution in [3.8, 4) is 0 Å². The number of hydrogen-bond donors (Lipinski definition) is 0. The van der Waals surface area contributed by atoms with E-state index < -0.39 is 0 Å². The second-order valence-corrected chi connectivity index (χ2v) is 3.23. The molecule has 0 unspecified atom stereocenters. The Kier molecular flexibility index (Phi) is 4.22. The minimum atomic E-state index is -0.109. The standard InChI is InChI=1S/C8H14N4O2/c1-14-6-7-3-2-4-12(7)8(13)5-10-11-9/h7H,2-6H2,1H3/t7-/m1/s1. The van der Waals surface area contributed by atoms with Gasteiger partial charge in [0.05, 0.1) is 12.6 Å². The monoisotopic (exact) mass is 198 g/mol. The zero-order valence-electron chi connectivity index (χ0n) is 8.22. The summed E-state index contributed by atoms with van der Waals surface area (Å²) in [5.41, 5.74) is 8.09. The minimum absolute atomic E-state index is 0.0866. The molecule has 0 spiro atoms. The van der Waals surface area contributed by atoms with Crippen molar-refractivity contribution in [2.24, 2.45) is 5.11 Å². The summed E-state index contributed by atoms with van der Waals surface area (Å²) < 4.78 is 5.01. The summed E-state index contributed by atoms with van der Waals surface area (Å²) in [4.78, 5) is 15.8. The zero-order chi connectivity index (χ0) is 10.4. The Balaban J connectivity index is 2.48. The maximum Gasteiger partial charge on any atom is 0.228 e. The molecular formula is C8H14N4O2. The Bertz CT molecular complexity index is 250. The van der Waals surface area contributed by atoms with Crippen LogP contribution in [0.2, 0.25) is 0 Å². The molecule has 78 valence electrons. The quantitative estimate of drug-likeness (QED) is 0.382. The van der Waals surface area contributed by atoms with Crippen molar-refractivity contribution in [1.82, 2.24) is 4.90 Å². The number of ether oxygens (including phenoxy) is 1. The Hall–Kier alpha value is -1.26. The van der Waals surface area contributed by atoms with E-state index in [4.69, 9.17) is 10.3 Å². The zero-order valence-corrected chi connectivity index (χ0v) is 8.22. The van der Waals surface area contributed by atoms with E-state index in [1.54, 1.807) is 12.0 Å². The summed E-state index contributed by atoms with van der Waals surface area (Å²) in [6.45, 7) is 1.21. The van der Waals surface area contributed by atoms with E-state index in [9.17, 15) is 4.79 Å². The molecule has 6 heteroatoms. The van der Waals surface area contributed by atoms with Crippen LogP contribution in [0.5, 0.6) is 0 Å². The van der Waals surface area contributed by atoms with Crippen molar-refractivity contribution in [3.63, 3.8) is 0 Å². The van der Waals surface area contributed by atoms with Gasteiger partial charge in [0.2, 0.25) is 5.91 Å². The molecule has 0 bridgehead atoms. The molecule has 1 heterocycles. The van der Waals surface area contributed by atoms with Crippen LogP contribution in [0.15, 0.2) is 5.11 Å². The third-order valence-corrected chi connectivity index (χ3v) is 2.33. The topological polar surface area (TPSA) is 78.3 Å². The highest BCUT2D eigenvalue weighted by Gasteiger charge is 2.27. The van der Waals surface area contributed by atoms with Crippen molar-refractivity contribution in [2.45, 2.75) is 18.9 Å². The lowest BCUT2D eigenvalue weighted by Crippen LogP contribution is -2.39. The summed E-state index contributed by atoms with van der Waals surface area (Å²) in [5, 5.41) is 3.26. The van der Waals surface area contributed by atoms with Crippen LogP contribution in [0.25, 0.3) is 10.4 Å². The van der Waals surface area contributed by atoms with Gasteiger partial charge >= 0.3 is 0 Å². The average Bonchev–Trinajstić information content (AvgIpc) is 2.63. The summed E-state index contributed by atoms with van der Waals surface area (Å²) in [6, 6.07) is 0.154. The van der Waals surface area contributed by atoms with E-state index in [0.29, 0.717) is 6.61 Å². The molecule has 1 aliphatic rings. The fraction of sp³-hybridized carbons (Fsp3) is 0.875. The van der Waals surface area contributed by atoms with Gasteiger partial charge < -0.3 is 9.64 Å². The number of carbonyl (C=O) groups is 1. The van der Waals surface area contributed by atoms with Crippen LogP contribution in [-0.2, 0) is 9.53 Å². The van der Waals surface area contributed by atoms with Crippen molar-refractivity contribution in [3.05, 3.63) is 10.4 Å². The number of methoxy groups -OCH3 is 1. The van der Waals surface area contributed by atoms with Crippen LogP contribution < -0.4 is 0 Å². The highest BCUT2D eigenvalue weighted by molar-refractivity contribution is 5.79. The van der Waals surface area contributed by atoms with Gasteiger partial charge in [-0.2, -0.15) is 0 Å². The lowest BCUT2D eigenvalue weighted by Gasteiger charge is -2.23. The molecule has 0 aromatic rings. The molecule has 6 nitrogen and oxygen atoms in total. The molecular weight excluding hydrogens is 184 g/mol. The van der Waals surface area contributed by atoms with Crippen LogP contribution in [0.1, 0.15) is 12.8 Å². The van der Waals surface area contributed by atoms with Gasteiger partial charge in [-0.3, -0.25) is 4.79 Å². The van der Waals surface area contributed by atoms with Crippen molar-refractivity contribution >= 4 is 5.91 Å². The molecule has 1 atom stereocenters. The third kappa shape index (κ3) is 2.61. The first-order valence-corrected chi connectivity index (χ1v) is 4.59. The van der Waals surface area contributed by atoms with Gasteiger partial charge in [-0.05, 0) is 18.4 Å². The number of likely N-dealkylation sites (tertiary alicyclic amines) is 1. The molecule has 0 aliphatic carbocycles. The lowest BCUT2D eigenvalue weighted by atomic mass is 10.2. The molecule has 1 rings (SSSR count). The number of nitrogens with zero attached hydrogens (tertiary/aromatic N) is 4. The van der Waals surface area contributed by atoms with Gasteiger partial charge in [0.15, 0.2) is 0 Å². The smallest absolute Gasteiger partial charge is 0.228 e. The molecule has 1 fully saturated rings. The number of amides is 1. The maximum absolute atomic E-state index is 11.5. The molecule has 0 saturated carbocycles. The Morgan fingerprint density at radius 1 is 1.79 bits per heavy atom. The molecule has 1 amide bonds. The number of hydrogen-bond acceptors (Lipinski definition) is 3. The maximum atomic E-state index is 11.5. The van der Waals surface area contributed by atoms with Gasteiger partial charge in [0.25, 0.3) is 0 Å². The summed E-state index contributed by atoms with van der Waals surface area (Å²) in [5.74, 6) is -0.109. The van der Waals surface area contributed by atoms with Gasteiger partial charge in [-0.15, -0.1) is 0 Å². The van der Waals surface area contributed by atoms with Crippen molar-refractivity contribution in [1.29, 1.82) is 0 Å². The summed E-state index contributed by atoms with van der Waals surface area (Å²) in [7, 11) is 1.62. The van der Waals surface area contributed by atoms with E-state index in [1.165, 1.54) is 0 Å². The Morgan fingerprint density at radius 2 is 2.57 bits per heavy atom. The number of carbonyl (C=O) groups excluding carboxylic acids is 1. The molecule has 0 radical (unpaired) electrons. The van der Waals surface area contributed by atoms with Crippen molar-refractivity contribution in [2.75, 3.05) is 26.8 Å². The minimum Gasteiger partial charge on any atom is -0.383 e. The third-order valence-electron chi connectivity index (χ3n) is 2.33. The normalized spacial score (nSPS) is 20.6. The van der Waals surface area contributed by atoms with E-state index in [-0.39, 0.29) is 18.5 Å². The fourth-order valence-electron chi connectivity index (χ4n) is 1.71. The van der Waals surface area contributed by atoms with Crippen LogP contribution in [-0.4, -0.2) is 43.7 Å². The van der Waals surface area contributed by atoms with Crippen LogP contribution in [0.3, 0.4) is 0 Å². The first-order chi connectivity index (χ1) is 6.79. The largest absolute Gasteiger partial charge is 0.383 e. The molecule has 1 aliphatic heterocycles. The van der Waals surface area contributed by atoms with E-state index >= 15 is 0 Å². The van der Waals surface area contributed by atoms with Gasteiger partial charge in [-0.1, -0.05) is 5.11 Å². The predicted molar refractivity (Wildman–Crippen MR) is 50.6 cm³/mol. The molecule has 1 saturated heterocycles. The second kappa shape index (κ2) is 5.47. The molecule has 0 aromatic heterocycles. The first-order valence-electron chi connectivity index (χ1n) is 4.59. The molecule has 0 N–H and O–H groups in total. The predicted octanol–water partition coefficient (Wildman–Crippen LogP) is 0.934. The average molecular weight is 198 g/mol. The summed E-state index contributed by atoms with van der Waals surface area (Å²) >= 11 is 0. The fourth-order valence-corrected chi connectivity index (χ4v) is 1.71. The summed E-state index contributed by atoms with van der Waals surface area (Å²) in [6.07, 6.45) is 1.96. The lowest BCUT2D eigenvalue weighted by molar-refractivity contribution is -0.131. The first kappa shape index (κ1) is 10.8. The van der Waals surface area contributed by atoms with Gasteiger partial charge in [-0.25, -0.2) is 0 Å². The van der Waals surface area contributed by atoms with Crippen LogP contribution in [0.4, 0.5) is 0 Å². The van der Waals surface area contributed by atoms with Gasteiger partial charge in [0, 0.05) is 18.6 Å². The van der Waals surface area contributed by atoms with Gasteiger partial charge in [0.1, 0.15) is 6.54 Å². The highest BCUT2D eigenvalue weighted by atomic mass is 16.5. The van der Waals surface area contributed by atoms with E-state index in [0.717, 1.165) is 19.4 Å². The van der Waals surface area contributed by atoms with Crippen LogP contribution in [0, 0.1) is 0 Å². The number of rotatable bonds is 4. The van der Waals surface area contributed by atoms with Crippen LogP contribution >= 0.6 is 0 Å². The second-order valence-electron chi connectivity index (χ2n) is 3.23. The highest BCUT2D eigenvalue weighted by Crippen LogP contribution is 2.17. The Labute approximate surface area is 82.5 Å². The number of azide groups is 1. The van der Waals surface area contributed by atoms with E-state index in [1.807, 2.05) is 0 Å². The Morgan fingerprint density at radius 3 is 3.21 bits per heavy atom.